The third-order valence-electron chi connectivity index (χ3n) is 3.29. The number of aromatic nitrogens is 3. The van der Waals surface area contributed by atoms with E-state index in [0.29, 0.717) is 29.0 Å². The van der Waals surface area contributed by atoms with Gasteiger partial charge in [0.25, 0.3) is 0 Å². The lowest BCUT2D eigenvalue weighted by Crippen LogP contribution is -2.30. The lowest BCUT2D eigenvalue weighted by molar-refractivity contribution is 0.251. The van der Waals surface area contributed by atoms with Crippen molar-refractivity contribution in [3.05, 3.63) is 35.4 Å². The molecule has 0 fully saturated rings. The van der Waals surface area contributed by atoms with Crippen LogP contribution in [-0.2, 0) is 6.54 Å². The summed E-state index contributed by atoms with van der Waals surface area (Å²) in [4.78, 5) is 28.4. The number of aryl methyl sites for hydroxylation is 1. The van der Waals surface area contributed by atoms with Crippen LogP contribution in [0.15, 0.2) is 18.2 Å². The molecule has 0 radical (unpaired) electrons. The van der Waals surface area contributed by atoms with Crippen molar-refractivity contribution in [1.82, 2.24) is 20.3 Å². The smallest absolute Gasteiger partial charge is 0.319 e. The molecule has 0 spiro atoms. The summed E-state index contributed by atoms with van der Waals surface area (Å²) in [5.41, 5.74) is 0.891. The van der Waals surface area contributed by atoms with Crippen LogP contribution in [0.3, 0.4) is 0 Å². The normalized spacial score (nSPS) is 10.3. The number of hydrogen-bond donors (Lipinski definition) is 2. The van der Waals surface area contributed by atoms with Gasteiger partial charge in [0.15, 0.2) is 5.82 Å². The average molecular weight is 347 g/mol. The van der Waals surface area contributed by atoms with Gasteiger partial charge in [-0.25, -0.2) is 9.18 Å². The van der Waals surface area contributed by atoms with Crippen molar-refractivity contribution in [2.24, 2.45) is 0 Å². The fourth-order valence-corrected chi connectivity index (χ4v) is 1.88. The summed E-state index contributed by atoms with van der Waals surface area (Å²) in [7, 11) is 7.30. The van der Waals surface area contributed by atoms with E-state index in [4.69, 9.17) is 0 Å². The first-order chi connectivity index (χ1) is 11.8. The van der Waals surface area contributed by atoms with Gasteiger partial charge in [0, 0.05) is 33.9 Å². The molecule has 0 saturated heterocycles. The van der Waals surface area contributed by atoms with E-state index in [1.807, 2.05) is 28.2 Å². The third kappa shape index (κ3) is 5.00. The van der Waals surface area contributed by atoms with Crippen molar-refractivity contribution in [2.45, 2.75) is 13.5 Å². The second kappa shape index (κ2) is 7.73. The minimum atomic E-state index is -0.471. The average Bonchev–Trinajstić information content (AvgIpc) is 2.56. The molecule has 9 heteroatoms. The van der Waals surface area contributed by atoms with Crippen molar-refractivity contribution in [3.63, 3.8) is 0 Å². The SMILES string of the molecule is Cc1ccc(NC(=O)NCc2nc(N(C)C)nc(N(C)C)n2)cc1F. The number of rotatable bonds is 5. The Hall–Kier alpha value is -2.97. The van der Waals surface area contributed by atoms with E-state index in [1.54, 1.807) is 28.9 Å². The molecule has 0 unspecified atom stereocenters. The van der Waals surface area contributed by atoms with Crippen molar-refractivity contribution >= 4 is 23.6 Å². The number of urea groups is 1. The highest BCUT2D eigenvalue weighted by atomic mass is 19.1. The highest BCUT2D eigenvalue weighted by Gasteiger charge is 2.11. The van der Waals surface area contributed by atoms with E-state index < -0.39 is 6.03 Å². The van der Waals surface area contributed by atoms with Crippen molar-refractivity contribution in [1.29, 1.82) is 0 Å². The Bertz CT molecular complexity index is 738. The first-order valence-electron chi connectivity index (χ1n) is 7.67. The minimum Gasteiger partial charge on any atom is -0.347 e. The fraction of sp³-hybridized carbons (Fsp3) is 0.375. The Morgan fingerprint density at radius 2 is 1.68 bits per heavy atom. The number of halogens is 1. The fourth-order valence-electron chi connectivity index (χ4n) is 1.88. The summed E-state index contributed by atoms with van der Waals surface area (Å²) < 4.78 is 13.5. The van der Waals surface area contributed by atoms with Crippen LogP contribution in [0.25, 0.3) is 0 Å². The molecule has 0 aliphatic carbocycles. The monoisotopic (exact) mass is 347 g/mol. The molecule has 0 bridgehead atoms. The van der Waals surface area contributed by atoms with Crippen LogP contribution >= 0.6 is 0 Å². The van der Waals surface area contributed by atoms with Crippen LogP contribution in [0.2, 0.25) is 0 Å². The van der Waals surface area contributed by atoms with Gasteiger partial charge in [0.1, 0.15) is 5.82 Å². The summed E-state index contributed by atoms with van der Waals surface area (Å²) in [5, 5.41) is 5.22. The van der Waals surface area contributed by atoms with Crippen molar-refractivity contribution in [2.75, 3.05) is 43.3 Å². The Labute approximate surface area is 146 Å². The van der Waals surface area contributed by atoms with Gasteiger partial charge in [0.2, 0.25) is 11.9 Å². The van der Waals surface area contributed by atoms with E-state index in [1.165, 1.54) is 6.07 Å². The van der Waals surface area contributed by atoms with Crippen LogP contribution < -0.4 is 20.4 Å². The van der Waals surface area contributed by atoms with Gasteiger partial charge in [-0.2, -0.15) is 15.0 Å². The van der Waals surface area contributed by atoms with Crippen LogP contribution in [0.5, 0.6) is 0 Å². The number of carbonyl (C=O) groups excluding carboxylic acids is 1. The zero-order valence-corrected chi connectivity index (χ0v) is 15.0. The second-order valence-corrected chi connectivity index (χ2v) is 5.91. The highest BCUT2D eigenvalue weighted by Crippen LogP contribution is 2.13. The van der Waals surface area contributed by atoms with Crippen LogP contribution in [0, 0.1) is 12.7 Å². The van der Waals surface area contributed by atoms with Crippen LogP contribution in [0.1, 0.15) is 11.4 Å². The summed E-state index contributed by atoms with van der Waals surface area (Å²) in [5.74, 6) is 1.04. The zero-order chi connectivity index (χ0) is 18.6. The molecule has 1 heterocycles. The molecule has 134 valence electrons. The first kappa shape index (κ1) is 18.4. The van der Waals surface area contributed by atoms with Gasteiger partial charge in [-0.05, 0) is 24.6 Å². The van der Waals surface area contributed by atoms with Gasteiger partial charge >= 0.3 is 6.03 Å². The van der Waals surface area contributed by atoms with E-state index in [2.05, 4.69) is 25.6 Å². The Morgan fingerprint density at radius 3 is 2.20 bits per heavy atom. The molecular weight excluding hydrogens is 325 g/mol. The predicted octanol–water partition coefficient (Wildman–Crippen LogP) is 1.77. The molecule has 0 atom stereocenters. The van der Waals surface area contributed by atoms with Crippen molar-refractivity contribution < 1.29 is 9.18 Å². The predicted molar refractivity (Wildman–Crippen MR) is 95.5 cm³/mol. The zero-order valence-electron chi connectivity index (χ0n) is 15.0. The number of hydrogen-bond acceptors (Lipinski definition) is 6. The molecule has 2 rings (SSSR count). The molecule has 1 aromatic carbocycles. The number of nitrogens with one attached hydrogen (secondary N) is 2. The summed E-state index contributed by atoms with van der Waals surface area (Å²) >= 11 is 0. The Kier molecular flexibility index (Phi) is 5.68. The van der Waals surface area contributed by atoms with E-state index >= 15 is 0 Å². The van der Waals surface area contributed by atoms with E-state index in [0.717, 1.165) is 0 Å². The third-order valence-corrected chi connectivity index (χ3v) is 3.29. The lowest BCUT2D eigenvalue weighted by Gasteiger charge is -2.16. The van der Waals surface area contributed by atoms with Gasteiger partial charge in [-0.3, -0.25) is 0 Å². The number of nitrogens with zero attached hydrogens (tertiary/aromatic N) is 5. The molecular formula is C16H22FN7O. The topological polar surface area (TPSA) is 86.3 Å². The number of amides is 2. The van der Waals surface area contributed by atoms with Crippen molar-refractivity contribution in [3.8, 4) is 0 Å². The van der Waals surface area contributed by atoms with Gasteiger partial charge in [0.05, 0.1) is 6.54 Å². The Balaban J connectivity index is 2.04. The number of benzene rings is 1. The van der Waals surface area contributed by atoms with Gasteiger partial charge in [-0.1, -0.05) is 6.07 Å². The lowest BCUT2D eigenvalue weighted by atomic mass is 10.2. The maximum atomic E-state index is 13.5. The Morgan fingerprint density at radius 1 is 1.08 bits per heavy atom. The maximum Gasteiger partial charge on any atom is 0.319 e. The summed E-state index contributed by atoms with van der Waals surface area (Å²) in [6.45, 7) is 1.77. The highest BCUT2D eigenvalue weighted by molar-refractivity contribution is 5.89. The number of anilines is 3. The maximum absolute atomic E-state index is 13.5. The van der Waals surface area contributed by atoms with Crippen LogP contribution in [0.4, 0.5) is 26.8 Å². The van der Waals surface area contributed by atoms with E-state index in [-0.39, 0.29) is 12.4 Å². The molecule has 2 N–H and O–H groups in total. The molecule has 1 aromatic heterocycles. The standard InChI is InChI=1S/C16H22FN7O/c1-10-6-7-11(8-12(10)17)19-16(25)18-9-13-20-14(23(2)3)22-15(21-13)24(4)5/h6-8H,9H2,1-5H3,(H2,18,19,25). The summed E-state index contributed by atoms with van der Waals surface area (Å²) in [6.07, 6.45) is 0. The molecule has 0 aliphatic heterocycles. The van der Waals surface area contributed by atoms with Gasteiger partial charge in [-0.15, -0.1) is 0 Å². The van der Waals surface area contributed by atoms with E-state index in [9.17, 15) is 9.18 Å². The van der Waals surface area contributed by atoms with Gasteiger partial charge < -0.3 is 20.4 Å². The van der Waals surface area contributed by atoms with Crippen LogP contribution in [-0.4, -0.2) is 49.2 Å². The molecule has 2 amide bonds. The molecule has 25 heavy (non-hydrogen) atoms. The molecule has 0 aliphatic rings. The quantitative estimate of drug-likeness (QED) is 0.857. The minimum absolute atomic E-state index is 0.115. The molecule has 2 aromatic rings. The largest absolute Gasteiger partial charge is 0.347 e. The molecule has 0 saturated carbocycles. The number of carbonyl (C=O) groups is 1. The summed E-state index contributed by atoms with van der Waals surface area (Å²) in [6, 6.07) is 4.03. The molecule has 8 nitrogen and oxygen atoms in total. The first-order valence-corrected chi connectivity index (χ1v) is 7.67. The second-order valence-electron chi connectivity index (χ2n) is 5.91.